The Kier molecular flexibility index (Phi) is 5.77. The minimum atomic E-state index is -1.31. The summed E-state index contributed by atoms with van der Waals surface area (Å²) in [5.74, 6) is -1.41. The number of carbonyl (C=O) groups is 3. The summed E-state index contributed by atoms with van der Waals surface area (Å²) in [4.78, 5) is 36.7. The standard InChI is InChI=1S/C20H22N2O4/c1-13-8-10-15(11-9-13)21-18(24)20(2,3)19(25)22-16-7-5-6-14(12-16)17(23)26-4/h5-12H,1-4H3,(H,21,24)(H,22,25). The van der Waals surface area contributed by atoms with Crippen LogP contribution < -0.4 is 10.6 Å². The molecule has 2 N–H and O–H groups in total. The first-order valence-corrected chi connectivity index (χ1v) is 8.12. The van der Waals surface area contributed by atoms with E-state index in [1.807, 2.05) is 19.1 Å². The van der Waals surface area contributed by atoms with Crippen LogP contribution in [0.3, 0.4) is 0 Å². The van der Waals surface area contributed by atoms with Crippen LogP contribution in [0.4, 0.5) is 11.4 Å². The van der Waals surface area contributed by atoms with Crippen molar-refractivity contribution in [2.45, 2.75) is 20.8 Å². The van der Waals surface area contributed by atoms with Gasteiger partial charge in [-0.05, 0) is 51.1 Å². The van der Waals surface area contributed by atoms with Gasteiger partial charge in [0.15, 0.2) is 0 Å². The number of esters is 1. The van der Waals surface area contributed by atoms with Crippen molar-refractivity contribution in [2.24, 2.45) is 5.41 Å². The molecule has 2 amide bonds. The Balaban J connectivity index is 2.10. The Hall–Kier alpha value is -3.15. The fraction of sp³-hybridized carbons (Fsp3) is 0.250. The molecule has 0 bridgehead atoms. The molecular formula is C20H22N2O4. The van der Waals surface area contributed by atoms with Crippen molar-refractivity contribution in [1.29, 1.82) is 0 Å². The van der Waals surface area contributed by atoms with Crippen molar-refractivity contribution in [1.82, 2.24) is 0 Å². The Bertz CT molecular complexity index is 826. The fourth-order valence-electron chi connectivity index (χ4n) is 2.16. The first-order valence-electron chi connectivity index (χ1n) is 8.12. The van der Waals surface area contributed by atoms with Gasteiger partial charge in [0.05, 0.1) is 12.7 Å². The van der Waals surface area contributed by atoms with Crippen molar-refractivity contribution in [3.05, 3.63) is 59.7 Å². The summed E-state index contributed by atoms with van der Waals surface area (Å²) >= 11 is 0. The third-order valence-electron chi connectivity index (χ3n) is 3.99. The van der Waals surface area contributed by atoms with Gasteiger partial charge in [-0.15, -0.1) is 0 Å². The summed E-state index contributed by atoms with van der Waals surface area (Å²) in [5.41, 5.74) is 1.10. The predicted octanol–water partition coefficient (Wildman–Crippen LogP) is 3.39. The average molecular weight is 354 g/mol. The van der Waals surface area contributed by atoms with Crippen molar-refractivity contribution in [2.75, 3.05) is 17.7 Å². The number of benzene rings is 2. The number of ether oxygens (including phenoxy) is 1. The smallest absolute Gasteiger partial charge is 0.337 e. The highest BCUT2D eigenvalue weighted by molar-refractivity contribution is 6.14. The molecule has 0 heterocycles. The Morgan fingerprint density at radius 2 is 1.46 bits per heavy atom. The third-order valence-corrected chi connectivity index (χ3v) is 3.99. The van der Waals surface area contributed by atoms with E-state index in [1.165, 1.54) is 27.0 Å². The van der Waals surface area contributed by atoms with Crippen LogP contribution in [-0.4, -0.2) is 24.9 Å². The first kappa shape index (κ1) is 19.2. The summed E-state index contributed by atoms with van der Waals surface area (Å²) in [5, 5.41) is 5.41. The van der Waals surface area contributed by atoms with Crippen LogP contribution in [0.1, 0.15) is 29.8 Å². The molecule has 6 heteroatoms. The van der Waals surface area contributed by atoms with Crippen molar-refractivity contribution < 1.29 is 19.1 Å². The lowest BCUT2D eigenvalue weighted by molar-refractivity contribution is -0.135. The van der Waals surface area contributed by atoms with E-state index in [0.29, 0.717) is 16.9 Å². The molecule has 0 saturated carbocycles. The van der Waals surface area contributed by atoms with Crippen LogP contribution in [0.15, 0.2) is 48.5 Å². The van der Waals surface area contributed by atoms with Gasteiger partial charge < -0.3 is 15.4 Å². The lowest BCUT2D eigenvalue weighted by Crippen LogP contribution is -2.41. The van der Waals surface area contributed by atoms with Gasteiger partial charge in [0, 0.05) is 11.4 Å². The Labute approximate surface area is 152 Å². The number of methoxy groups -OCH3 is 1. The van der Waals surface area contributed by atoms with Gasteiger partial charge in [-0.2, -0.15) is 0 Å². The molecule has 2 rings (SSSR count). The molecule has 0 aliphatic carbocycles. The molecule has 0 saturated heterocycles. The van der Waals surface area contributed by atoms with E-state index >= 15 is 0 Å². The molecule has 2 aromatic carbocycles. The number of anilines is 2. The number of amides is 2. The largest absolute Gasteiger partial charge is 0.465 e. The van der Waals surface area contributed by atoms with E-state index in [2.05, 4.69) is 15.4 Å². The molecule has 0 fully saturated rings. The van der Waals surface area contributed by atoms with E-state index < -0.39 is 23.2 Å². The highest BCUT2D eigenvalue weighted by atomic mass is 16.5. The summed E-state index contributed by atoms with van der Waals surface area (Å²) < 4.78 is 4.66. The Morgan fingerprint density at radius 3 is 2.04 bits per heavy atom. The second-order valence-electron chi connectivity index (χ2n) is 6.47. The quantitative estimate of drug-likeness (QED) is 0.637. The number of hydrogen-bond acceptors (Lipinski definition) is 4. The number of nitrogens with one attached hydrogen (secondary N) is 2. The van der Waals surface area contributed by atoms with Gasteiger partial charge in [0.25, 0.3) is 0 Å². The lowest BCUT2D eigenvalue weighted by Gasteiger charge is -2.23. The minimum Gasteiger partial charge on any atom is -0.465 e. The topological polar surface area (TPSA) is 84.5 Å². The zero-order valence-corrected chi connectivity index (χ0v) is 15.3. The van der Waals surface area contributed by atoms with E-state index in [9.17, 15) is 14.4 Å². The molecule has 0 unspecified atom stereocenters. The third kappa shape index (κ3) is 4.47. The number of aryl methyl sites for hydroxylation is 1. The van der Waals surface area contributed by atoms with Crippen LogP contribution in [-0.2, 0) is 14.3 Å². The van der Waals surface area contributed by atoms with Gasteiger partial charge in [-0.25, -0.2) is 4.79 Å². The maximum absolute atomic E-state index is 12.6. The van der Waals surface area contributed by atoms with Gasteiger partial charge in [0.2, 0.25) is 11.8 Å². The molecule has 26 heavy (non-hydrogen) atoms. The van der Waals surface area contributed by atoms with Crippen LogP contribution in [0, 0.1) is 12.3 Å². The highest BCUT2D eigenvalue weighted by Crippen LogP contribution is 2.22. The van der Waals surface area contributed by atoms with E-state index in [0.717, 1.165) is 5.56 Å². The van der Waals surface area contributed by atoms with Gasteiger partial charge in [-0.3, -0.25) is 9.59 Å². The first-order chi connectivity index (χ1) is 12.2. The normalized spacial score (nSPS) is 10.8. The van der Waals surface area contributed by atoms with Crippen LogP contribution in [0.25, 0.3) is 0 Å². The highest BCUT2D eigenvalue weighted by Gasteiger charge is 2.36. The van der Waals surface area contributed by atoms with Crippen LogP contribution >= 0.6 is 0 Å². The van der Waals surface area contributed by atoms with Crippen molar-refractivity contribution in [3.63, 3.8) is 0 Å². The SMILES string of the molecule is COC(=O)c1cccc(NC(=O)C(C)(C)C(=O)Nc2ccc(C)cc2)c1. The minimum absolute atomic E-state index is 0.312. The van der Waals surface area contributed by atoms with Gasteiger partial charge in [0.1, 0.15) is 5.41 Å². The zero-order chi connectivity index (χ0) is 19.3. The molecular weight excluding hydrogens is 332 g/mol. The van der Waals surface area contributed by atoms with E-state index in [-0.39, 0.29) is 0 Å². The average Bonchev–Trinajstić information content (AvgIpc) is 2.63. The number of carbonyl (C=O) groups excluding carboxylic acids is 3. The fourth-order valence-corrected chi connectivity index (χ4v) is 2.16. The molecule has 6 nitrogen and oxygen atoms in total. The molecule has 2 aromatic rings. The summed E-state index contributed by atoms with van der Waals surface area (Å²) in [6, 6.07) is 13.7. The molecule has 136 valence electrons. The maximum Gasteiger partial charge on any atom is 0.337 e. The zero-order valence-electron chi connectivity index (χ0n) is 15.3. The lowest BCUT2D eigenvalue weighted by atomic mass is 9.90. The second-order valence-corrected chi connectivity index (χ2v) is 6.47. The number of hydrogen-bond donors (Lipinski definition) is 2. The van der Waals surface area contributed by atoms with Crippen LogP contribution in [0.5, 0.6) is 0 Å². The van der Waals surface area contributed by atoms with E-state index in [4.69, 9.17) is 0 Å². The monoisotopic (exact) mass is 354 g/mol. The summed E-state index contributed by atoms with van der Waals surface area (Å²) in [7, 11) is 1.28. The maximum atomic E-state index is 12.6. The molecule has 0 atom stereocenters. The van der Waals surface area contributed by atoms with Gasteiger partial charge in [-0.1, -0.05) is 23.8 Å². The summed E-state index contributed by atoms with van der Waals surface area (Å²) in [6.45, 7) is 5.03. The van der Waals surface area contributed by atoms with Gasteiger partial charge >= 0.3 is 5.97 Å². The molecule has 0 radical (unpaired) electrons. The molecule has 0 aliphatic rings. The summed E-state index contributed by atoms with van der Waals surface area (Å²) in [6.07, 6.45) is 0. The molecule has 0 aromatic heterocycles. The van der Waals surface area contributed by atoms with Crippen molar-refractivity contribution >= 4 is 29.2 Å². The Morgan fingerprint density at radius 1 is 0.885 bits per heavy atom. The van der Waals surface area contributed by atoms with E-state index in [1.54, 1.807) is 30.3 Å². The molecule has 0 aliphatic heterocycles. The predicted molar refractivity (Wildman–Crippen MR) is 100 cm³/mol. The number of rotatable bonds is 5. The van der Waals surface area contributed by atoms with Crippen LogP contribution in [0.2, 0.25) is 0 Å². The van der Waals surface area contributed by atoms with Crippen molar-refractivity contribution in [3.8, 4) is 0 Å². The second kappa shape index (κ2) is 7.82. The molecule has 0 spiro atoms.